The first-order valence-electron chi connectivity index (χ1n) is 8.30. The predicted octanol–water partition coefficient (Wildman–Crippen LogP) is -0.663. The third-order valence-corrected chi connectivity index (χ3v) is 4.95. The van der Waals surface area contributed by atoms with E-state index >= 15 is 0 Å². The standard InChI is InChI=1S/C14H22N6O6S2/c21-13(17-15-9-1-5-11(6-2-9)19-27(23)24)14(22)18-16-10-3-7-12(8-4-10)20-28(25)26/h1-2,5-6,10,12,15-16,19-20H,3-4,7-8H2,(H,17,21)(H,18,22)(H,23,24)(H,25,26). The Morgan fingerprint density at radius 1 is 0.821 bits per heavy atom. The summed E-state index contributed by atoms with van der Waals surface area (Å²) >= 11 is -4.22. The predicted molar refractivity (Wildman–Crippen MR) is 104 cm³/mol. The molecule has 0 radical (unpaired) electrons. The quantitative estimate of drug-likeness (QED) is 0.151. The van der Waals surface area contributed by atoms with Crippen molar-refractivity contribution in [3.63, 3.8) is 0 Å². The minimum absolute atomic E-state index is 0.0352. The summed E-state index contributed by atoms with van der Waals surface area (Å²) in [6.07, 6.45) is 2.69. The van der Waals surface area contributed by atoms with Crippen LogP contribution in [-0.4, -0.2) is 41.4 Å². The van der Waals surface area contributed by atoms with Crippen LogP contribution in [0.1, 0.15) is 25.7 Å². The Hall–Kier alpha value is -2.10. The van der Waals surface area contributed by atoms with E-state index in [0.29, 0.717) is 37.1 Å². The molecule has 1 aromatic rings. The lowest BCUT2D eigenvalue weighted by Gasteiger charge is -2.28. The minimum atomic E-state index is -2.18. The lowest BCUT2D eigenvalue weighted by atomic mass is 9.92. The van der Waals surface area contributed by atoms with E-state index in [-0.39, 0.29) is 12.1 Å². The topological polar surface area (TPSA) is 181 Å². The molecule has 0 bridgehead atoms. The number of rotatable bonds is 8. The van der Waals surface area contributed by atoms with Gasteiger partial charge in [-0.25, -0.2) is 18.6 Å². The van der Waals surface area contributed by atoms with Crippen molar-refractivity contribution in [2.75, 3.05) is 10.1 Å². The lowest BCUT2D eigenvalue weighted by Crippen LogP contribution is -2.52. The number of benzene rings is 1. The van der Waals surface area contributed by atoms with Gasteiger partial charge >= 0.3 is 11.8 Å². The SMILES string of the molecule is O=C(NNc1ccc(NS(=O)O)cc1)C(=O)NNC1CCC(NS(=O)O)CC1. The molecule has 8 N–H and O–H groups in total. The number of amides is 2. The van der Waals surface area contributed by atoms with Gasteiger partial charge in [-0.05, 0) is 49.9 Å². The first-order chi connectivity index (χ1) is 13.3. The average Bonchev–Trinajstić information content (AvgIpc) is 2.65. The van der Waals surface area contributed by atoms with Gasteiger partial charge in [0, 0.05) is 17.8 Å². The zero-order valence-electron chi connectivity index (χ0n) is 14.6. The molecule has 2 atom stereocenters. The first kappa shape index (κ1) is 22.2. The molecule has 1 aromatic carbocycles. The summed E-state index contributed by atoms with van der Waals surface area (Å²) in [6.45, 7) is 0. The Labute approximate surface area is 166 Å². The van der Waals surface area contributed by atoms with Gasteiger partial charge in [-0.2, -0.15) is 0 Å². The normalized spacial score (nSPS) is 21.2. The molecule has 12 nitrogen and oxygen atoms in total. The van der Waals surface area contributed by atoms with Gasteiger partial charge in [-0.1, -0.05) is 0 Å². The Morgan fingerprint density at radius 2 is 1.36 bits per heavy atom. The largest absolute Gasteiger partial charge is 0.328 e. The molecule has 1 aliphatic rings. The van der Waals surface area contributed by atoms with Crippen LogP contribution in [0.2, 0.25) is 0 Å². The van der Waals surface area contributed by atoms with Gasteiger partial charge in [-0.15, -0.1) is 0 Å². The molecule has 0 spiro atoms. The van der Waals surface area contributed by atoms with Gasteiger partial charge < -0.3 is 0 Å². The molecule has 1 fully saturated rings. The van der Waals surface area contributed by atoms with Crippen LogP contribution in [0.15, 0.2) is 24.3 Å². The van der Waals surface area contributed by atoms with E-state index in [9.17, 15) is 18.0 Å². The summed E-state index contributed by atoms with van der Waals surface area (Å²) in [5.74, 6) is -1.78. The van der Waals surface area contributed by atoms with E-state index in [1.165, 1.54) is 24.3 Å². The van der Waals surface area contributed by atoms with E-state index < -0.39 is 34.3 Å². The van der Waals surface area contributed by atoms with Crippen LogP contribution < -0.4 is 31.1 Å². The van der Waals surface area contributed by atoms with Gasteiger partial charge in [0.1, 0.15) is 0 Å². The molecule has 2 rings (SSSR count). The highest BCUT2D eigenvalue weighted by Gasteiger charge is 2.23. The number of hydrogen-bond donors (Lipinski definition) is 8. The van der Waals surface area contributed by atoms with Crippen LogP contribution in [0.4, 0.5) is 11.4 Å². The van der Waals surface area contributed by atoms with Gasteiger partial charge in [-0.3, -0.25) is 39.7 Å². The average molecular weight is 435 g/mol. The third kappa shape index (κ3) is 7.87. The van der Waals surface area contributed by atoms with Gasteiger partial charge in [0.15, 0.2) is 0 Å². The fourth-order valence-electron chi connectivity index (χ4n) is 2.63. The van der Waals surface area contributed by atoms with Crippen molar-refractivity contribution in [2.24, 2.45) is 0 Å². The molecule has 28 heavy (non-hydrogen) atoms. The fraction of sp³-hybridized carbons (Fsp3) is 0.429. The molecular formula is C14H22N6O6S2. The fourth-order valence-corrected chi connectivity index (χ4v) is 3.49. The molecule has 14 heteroatoms. The Balaban J connectivity index is 1.67. The van der Waals surface area contributed by atoms with Crippen LogP contribution in [0.5, 0.6) is 0 Å². The highest BCUT2D eigenvalue weighted by atomic mass is 32.2. The van der Waals surface area contributed by atoms with Crippen LogP contribution in [0.25, 0.3) is 0 Å². The van der Waals surface area contributed by atoms with Crippen molar-refractivity contribution in [1.29, 1.82) is 0 Å². The van der Waals surface area contributed by atoms with Crippen molar-refractivity contribution in [1.82, 2.24) is 21.0 Å². The summed E-state index contributed by atoms with van der Waals surface area (Å²) in [6, 6.07) is 6.02. The maximum atomic E-state index is 11.8. The molecule has 0 aromatic heterocycles. The number of carbonyl (C=O) groups is 2. The van der Waals surface area contributed by atoms with Crippen molar-refractivity contribution in [3.8, 4) is 0 Å². The second kappa shape index (κ2) is 11.0. The number of hydrazine groups is 2. The number of anilines is 2. The molecule has 0 heterocycles. The zero-order valence-corrected chi connectivity index (χ0v) is 16.3. The molecule has 1 saturated carbocycles. The van der Waals surface area contributed by atoms with Crippen LogP contribution in [0.3, 0.4) is 0 Å². The van der Waals surface area contributed by atoms with Crippen molar-refractivity contribution >= 4 is 45.7 Å². The molecule has 156 valence electrons. The highest BCUT2D eigenvalue weighted by molar-refractivity contribution is 7.80. The Kier molecular flexibility index (Phi) is 8.75. The zero-order chi connectivity index (χ0) is 20.5. The van der Waals surface area contributed by atoms with Crippen molar-refractivity contribution < 1.29 is 27.1 Å². The minimum Gasteiger partial charge on any atom is -0.298 e. The maximum absolute atomic E-state index is 11.8. The second-order valence-corrected chi connectivity index (χ2v) is 7.46. The summed E-state index contributed by atoms with van der Waals surface area (Å²) in [5, 5.41) is 0. The van der Waals surface area contributed by atoms with Gasteiger partial charge in [0.05, 0.1) is 5.69 Å². The lowest BCUT2D eigenvalue weighted by molar-refractivity contribution is -0.139. The number of nitrogens with one attached hydrogen (secondary N) is 6. The monoisotopic (exact) mass is 434 g/mol. The van der Waals surface area contributed by atoms with E-state index in [0.717, 1.165) is 0 Å². The third-order valence-electron chi connectivity index (χ3n) is 4.00. The molecule has 1 aliphatic carbocycles. The van der Waals surface area contributed by atoms with Gasteiger partial charge in [0.2, 0.25) is 11.3 Å². The van der Waals surface area contributed by atoms with Crippen LogP contribution >= 0.6 is 0 Å². The Morgan fingerprint density at radius 3 is 1.93 bits per heavy atom. The van der Waals surface area contributed by atoms with E-state index in [4.69, 9.17) is 9.11 Å². The van der Waals surface area contributed by atoms with Crippen molar-refractivity contribution in [3.05, 3.63) is 24.3 Å². The summed E-state index contributed by atoms with van der Waals surface area (Å²) in [5.41, 5.74) is 10.8. The molecular weight excluding hydrogens is 412 g/mol. The molecule has 0 saturated heterocycles. The molecule has 2 amide bonds. The number of carbonyl (C=O) groups excluding carboxylic acids is 2. The maximum Gasteiger partial charge on any atom is 0.328 e. The van der Waals surface area contributed by atoms with E-state index in [1.807, 2.05) is 0 Å². The first-order valence-corrected chi connectivity index (χ1v) is 10.5. The molecule has 2 unspecified atom stereocenters. The summed E-state index contributed by atoms with van der Waals surface area (Å²) in [4.78, 5) is 23.6. The smallest absolute Gasteiger partial charge is 0.298 e. The summed E-state index contributed by atoms with van der Waals surface area (Å²) < 4.78 is 43.7. The molecule has 0 aliphatic heterocycles. The van der Waals surface area contributed by atoms with Gasteiger partial charge in [0.25, 0.3) is 11.3 Å². The van der Waals surface area contributed by atoms with E-state index in [1.54, 1.807) is 0 Å². The van der Waals surface area contributed by atoms with E-state index in [2.05, 4.69) is 31.1 Å². The Bertz CT molecular complexity index is 726. The van der Waals surface area contributed by atoms with Crippen LogP contribution in [0, 0.1) is 0 Å². The number of hydrogen-bond acceptors (Lipinski definition) is 6. The van der Waals surface area contributed by atoms with Crippen LogP contribution in [-0.2, 0) is 32.1 Å². The van der Waals surface area contributed by atoms with Crippen molar-refractivity contribution in [2.45, 2.75) is 37.8 Å². The second-order valence-electron chi connectivity index (χ2n) is 6.02. The summed E-state index contributed by atoms with van der Waals surface area (Å²) in [7, 11) is 0. The highest BCUT2D eigenvalue weighted by Crippen LogP contribution is 2.18.